The molecule has 1 saturated carbocycles. The summed E-state index contributed by atoms with van der Waals surface area (Å²) in [4.78, 5) is 28.1. The van der Waals surface area contributed by atoms with Crippen LogP contribution in [0.5, 0.6) is 0 Å². The molecule has 0 radical (unpaired) electrons. The molecular formula is C30H40O3P+. The fourth-order valence-electron chi connectivity index (χ4n) is 5.46. The average Bonchev–Trinajstić information content (AvgIpc) is 2.81. The molecule has 0 N–H and O–H groups in total. The first-order valence-corrected chi connectivity index (χ1v) is 14.0. The van der Waals surface area contributed by atoms with Crippen LogP contribution in [0.2, 0.25) is 0 Å². The van der Waals surface area contributed by atoms with Crippen LogP contribution in [0.4, 0.5) is 0 Å². The zero-order valence-electron chi connectivity index (χ0n) is 22.0. The van der Waals surface area contributed by atoms with Gasteiger partial charge in [0, 0.05) is 18.4 Å². The van der Waals surface area contributed by atoms with E-state index in [1.165, 1.54) is 0 Å². The summed E-state index contributed by atoms with van der Waals surface area (Å²) in [5, 5.41) is -1.11. The number of carbonyl (C=O) groups excluding carboxylic acids is 2. The van der Waals surface area contributed by atoms with Crippen LogP contribution in [-0.2, 0) is 22.8 Å². The van der Waals surface area contributed by atoms with Crippen LogP contribution in [0.15, 0.2) is 30.3 Å². The Bertz CT molecular complexity index is 1070. The van der Waals surface area contributed by atoms with Gasteiger partial charge in [-0.1, -0.05) is 75.9 Å². The van der Waals surface area contributed by atoms with Gasteiger partial charge in [0.05, 0.1) is 5.56 Å². The summed E-state index contributed by atoms with van der Waals surface area (Å²) in [7, 11) is -2.43. The summed E-state index contributed by atoms with van der Waals surface area (Å²) in [5.74, 6) is -0.0717. The smallest absolute Gasteiger partial charge is 0.289 e. The second-order valence-electron chi connectivity index (χ2n) is 10.9. The molecule has 0 saturated heterocycles. The Morgan fingerprint density at radius 2 is 1.38 bits per heavy atom. The highest BCUT2D eigenvalue weighted by molar-refractivity contribution is 7.67. The van der Waals surface area contributed by atoms with Crippen molar-refractivity contribution in [1.82, 2.24) is 0 Å². The number of aryl methyl sites for hydroxylation is 4. The summed E-state index contributed by atoms with van der Waals surface area (Å²) in [6.07, 6.45) is 5.19. The third-order valence-electron chi connectivity index (χ3n) is 7.52. The van der Waals surface area contributed by atoms with Crippen molar-refractivity contribution >= 4 is 19.1 Å². The zero-order valence-corrected chi connectivity index (χ0v) is 22.9. The second kappa shape index (κ2) is 10.2. The molecule has 1 fully saturated rings. The minimum atomic E-state index is -2.43. The SMILES string of the molecule is CCc1cccc(CC)c1C(=O)C1([P+](=O)C(=O)c2c(C)cc(C(C)(C)C)cc2C)CCCCC1. The van der Waals surface area contributed by atoms with Crippen LogP contribution >= 0.6 is 7.80 Å². The lowest BCUT2D eigenvalue weighted by Gasteiger charge is -2.28. The molecule has 2 aromatic carbocycles. The highest BCUT2D eigenvalue weighted by Gasteiger charge is 2.60. The van der Waals surface area contributed by atoms with E-state index in [0.29, 0.717) is 24.0 Å². The molecule has 0 heterocycles. The Kier molecular flexibility index (Phi) is 7.98. The van der Waals surface area contributed by atoms with Gasteiger partial charge in [0.1, 0.15) is 0 Å². The predicted octanol–water partition coefficient (Wildman–Crippen LogP) is 8.28. The maximum absolute atomic E-state index is 14.3. The largest absolute Gasteiger partial charge is 0.434 e. The molecule has 1 aliphatic carbocycles. The fourth-order valence-corrected chi connectivity index (χ4v) is 7.42. The molecule has 1 unspecified atom stereocenters. The molecule has 2 aromatic rings. The molecule has 1 atom stereocenters. The fraction of sp³-hybridized carbons (Fsp3) is 0.533. The molecular weight excluding hydrogens is 439 g/mol. The highest BCUT2D eigenvalue weighted by atomic mass is 31.1. The van der Waals surface area contributed by atoms with E-state index >= 15 is 0 Å². The Morgan fingerprint density at radius 1 is 0.882 bits per heavy atom. The van der Waals surface area contributed by atoms with Gasteiger partial charge < -0.3 is 0 Å². The molecule has 4 heteroatoms. The van der Waals surface area contributed by atoms with Crippen LogP contribution in [0, 0.1) is 13.8 Å². The Balaban J connectivity index is 2.12. The molecule has 0 bridgehead atoms. The van der Waals surface area contributed by atoms with Crippen molar-refractivity contribution in [3.05, 3.63) is 69.3 Å². The van der Waals surface area contributed by atoms with Gasteiger partial charge in [0.2, 0.25) is 10.9 Å². The number of hydrogen-bond donors (Lipinski definition) is 0. The standard InChI is InChI=1S/C30H40O3P/c1-8-22-14-13-15-23(9-2)26(22)27(31)30(16-11-10-12-17-30)34(33)28(32)25-20(3)18-24(19-21(25)4)29(5,6)7/h13-15,18-19H,8-12,16-17H2,1-7H3/q+1. The first kappa shape index (κ1) is 26.5. The summed E-state index contributed by atoms with van der Waals surface area (Å²) in [5.41, 5.74) is 5.68. The Hall–Kier alpha value is -2.12. The number of carbonyl (C=O) groups is 2. The van der Waals surface area contributed by atoms with Crippen LogP contribution in [0.25, 0.3) is 0 Å². The number of Topliss-reactive ketones (excluding diaryl/α,β-unsaturated/α-hetero) is 1. The Labute approximate surface area is 206 Å². The van der Waals surface area contributed by atoms with E-state index in [-0.39, 0.29) is 16.7 Å². The molecule has 182 valence electrons. The normalized spacial score (nSPS) is 16.3. The van der Waals surface area contributed by atoms with E-state index in [1.54, 1.807) is 0 Å². The molecule has 0 aromatic heterocycles. The maximum atomic E-state index is 14.3. The first-order valence-electron chi connectivity index (χ1n) is 12.8. The summed E-state index contributed by atoms with van der Waals surface area (Å²) < 4.78 is 14.2. The minimum Gasteiger partial charge on any atom is -0.289 e. The van der Waals surface area contributed by atoms with Gasteiger partial charge in [-0.2, -0.15) is 0 Å². The molecule has 3 rings (SSSR count). The van der Waals surface area contributed by atoms with Crippen molar-refractivity contribution in [3.63, 3.8) is 0 Å². The number of ketones is 1. The third kappa shape index (κ3) is 4.82. The lowest BCUT2D eigenvalue weighted by Crippen LogP contribution is -2.40. The van der Waals surface area contributed by atoms with Crippen molar-refractivity contribution < 1.29 is 14.2 Å². The summed E-state index contributed by atoms with van der Waals surface area (Å²) in [6.45, 7) is 14.4. The molecule has 0 spiro atoms. The van der Waals surface area contributed by atoms with Gasteiger partial charge in [-0.3, -0.25) is 4.79 Å². The van der Waals surface area contributed by atoms with Gasteiger partial charge in [-0.25, -0.2) is 4.79 Å². The predicted molar refractivity (Wildman–Crippen MR) is 142 cm³/mol. The summed E-state index contributed by atoms with van der Waals surface area (Å²) >= 11 is 0. The van der Waals surface area contributed by atoms with Gasteiger partial charge in [0.25, 0.3) is 0 Å². The van der Waals surface area contributed by atoms with Gasteiger partial charge in [-0.15, -0.1) is 0 Å². The van der Waals surface area contributed by atoms with E-state index in [4.69, 9.17) is 0 Å². The van der Waals surface area contributed by atoms with Crippen molar-refractivity contribution in [2.75, 3.05) is 0 Å². The third-order valence-corrected chi connectivity index (χ3v) is 9.54. The molecule has 1 aliphatic rings. The Morgan fingerprint density at radius 3 is 1.82 bits per heavy atom. The maximum Gasteiger partial charge on any atom is 0.434 e. The van der Waals surface area contributed by atoms with Gasteiger partial charge in [0.15, 0.2) is 0 Å². The lowest BCUT2D eigenvalue weighted by molar-refractivity contribution is 0.0901. The van der Waals surface area contributed by atoms with Crippen molar-refractivity contribution in [2.45, 2.75) is 104 Å². The monoisotopic (exact) mass is 479 g/mol. The molecule has 0 amide bonds. The van der Waals surface area contributed by atoms with Crippen molar-refractivity contribution in [1.29, 1.82) is 0 Å². The van der Waals surface area contributed by atoms with E-state index in [0.717, 1.165) is 59.9 Å². The van der Waals surface area contributed by atoms with Crippen LogP contribution < -0.4 is 0 Å². The average molecular weight is 480 g/mol. The lowest BCUT2D eigenvalue weighted by atomic mass is 9.80. The molecule has 34 heavy (non-hydrogen) atoms. The summed E-state index contributed by atoms with van der Waals surface area (Å²) in [6, 6.07) is 10.1. The van der Waals surface area contributed by atoms with Gasteiger partial charge >= 0.3 is 13.3 Å². The van der Waals surface area contributed by atoms with E-state index in [2.05, 4.69) is 20.8 Å². The molecule has 0 aliphatic heterocycles. The number of rotatable bonds is 7. The number of hydrogen-bond acceptors (Lipinski definition) is 3. The quantitative estimate of drug-likeness (QED) is 0.296. The second-order valence-corrected chi connectivity index (χ2v) is 12.8. The van der Waals surface area contributed by atoms with Crippen LogP contribution in [0.1, 0.15) is 115 Å². The van der Waals surface area contributed by atoms with E-state index < -0.39 is 13.0 Å². The highest BCUT2D eigenvalue weighted by Crippen LogP contribution is 2.53. The van der Waals surface area contributed by atoms with E-state index in [1.807, 2.05) is 58.0 Å². The molecule has 3 nitrogen and oxygen atoms in total. The minimum absolute atomic E-state index is 0.0414. The van der Waals surface area contributed by atoms with Crippen molar-refractivity contribution in [2.24, 2.45) is 0 Å². The van der Waals surface area contributed by atoms with Crippen LogP contribution in [0.3, 0.4) is 0 Å². The van der Waals surface area contributed by atoms with Crippen LogP contribution in [-0.4, -0.2) is 16.5 Å². The van der Waals surface area contributed by atoms with Crippen molar-refractivity contribution in [3.8, 4) is 0 Å². The van der Waals surface area contributed by atoms with E-state index in [9.17, 15) is 14.2 Å². The topological polar surface area (TPSA) is 51.2 Å². The van der Waals surface area contributed by atoms with Gasteiger partial charge in [-0.05, 0) is 72.8 Å². The zero-order chi connectivity index (χ0) is 25.3. The number of benzene rings is 2. The first-order chi connectivity index (χ1) is 16.0.